The summed E-state index contributed by atoms with van der Waals surface area (Å²) >= 11 is 0. The van der Waals surface area contributed by atoms with Crippen LogP contribution >= 0.6 is 0 Å². The fraction of sp³-hybridized carbons (Fsp3) is 0.240. The molecule has 2 heterocycles. The van der Waals surface area contributed by atoms with Gasteiger partial charge in [-0.15, -0.1) is 0 Å². The molecule has 4 aromatic rings. The Morgan fingerprint density at radius 1 is 1.09 bits per heavy atom. The lowest BCUT2D eigenvalue weighted by Gasteiger charge is -2.25. The molecule has 1 atom stereocenters. The second-order valence-corrected chi connectivity index (χ2v) is 8.42. The number of hydrogen-bond acceptors (Lipinski definition) is 7. The van der Waals surface area contributed by atoms with E-state index in [1.165, 1.54) is 17.9 Å². The second kappa shape index (κ2) is 9.90. The zero-order chi connectivity index (χ0) is 25.1. The number of anilines is 1. The SMILES string of the molecule is CC(c1ccc(-n2cncn2)cc1)N(C)CC(=O)c1c(N)n(Cc2ccccc2)c(=O)n(C)c1=O. The Bertz CT molecular complexity index is 1440. The molecule has 35 heavy (non-hydrogen) atoms. The highest BCUT2D eigenvalue weighted by atomic mass is 16.2. The van der Waals surface area contributed by atoms with Gasteiger partial charge in [-0.2, -0.15) is 5.10 Å². The molecular formula is C25H27N7O3. The summed E-state index contributed by atoms with van der Waals surface area (Å²) in [7, 11) is 3.15. The molecule has 2 N–H and O–H groups in total. The van der Waals surface area contributed by atoms with E-state index in [4.69, 9.17) is 5.73 Å². The molecule has 0 aliphatic heterocycles. The zero-order valence-electron chi connectivity index (χ0n) is 19.8. The maximum absolute atomic E-state index is 13.2. The van der Waals surface area contributed by atoms with Gasteiger partial charge < -0.3 is 5.73 Å². The van der Waals surface area contributed by atoms with Gasteiger partial charge in [0.25, 0.3) is 5.56 Å². The highest BCUT2D eigenvalue weighted by Crippen LogP contribution is 2.21. The van der Waals surface area contributed by atoms with Crippen molar-refractivity contribution in [2.45, 2.75) is 19.5 Å². The molecule has 0 saturated carbocycles. The topological polar surface area (TPSA) is 121 Å². The first kappa shape index (κ1) is 23.8. The molecule has 0 bridgehead atoms. The number of carbonyl (C=O) groups is 1. The van der Waals surface area contributed by atoms with Gasteiger partial charge in [0.1, 0.15) is 24.0 Å². The monoisotopic (exact) mass is 473 g/mol. The zero-order valence-corrected chi connectivity index (χ0v) is 19.8. The number of Topliss-reactive ketones (excluding diaryl/α,β-unsaturated/α-hetero) is 1. The molecule has 0 aliphatic carbocycles. The number of likely N-dealkylation sites (N-methyl/N-ethyl adjacent to an activating group) is 1. The van der Waals surface area contributed by atoms with Crippen LogP contribution in [-0.4, -0.2) is 48.2 Å². The van der Waals surface area contributed by atoms with Crippen molar-refractivity contribution in [3.8, 4) is 5.69 Å². The van der Waals surface area contributed by atoms with Crippen LogP contribution in [0.2, 0.25) is 0 Å². The average molecular weight is 474 g/mol. The number of nitrogen functional groups attached to an aromatic ring is 1. The largest absolute Gasteiger partial charge is 0.384 e. The molecule has 10 nitrogen and oxygen atoms in total. The summed E-state index contributed by atoms with van der Waals surface area (Å²) in [6.07, 6.45) is 3.08. The lowest BCUT2D eigenvalue weighted by Crippen LogP contribution is -2.44. The van der Waals surface area contributed by atoms with E-state index < -0.39 is 17.0 Å². The molecule has 180 valence electrons. The first-order chi connectivity index (χ1) is 16.8. The van der Waals surface area contributed by atoms with Crippen LogP contribution in [0.1, 0.15) is 34.5 Å². The van der Waals surface area contributed by atoms with E-state index >= 15 is 0 Å². The number of hydrogen-bond donors (Lipinski definition) is 1. The van der Waals surface area contributed by atoms with Gasteiger partial charge in [-0.25, -0.2) is 14.5 Å². The summed E-state index contributed by atoms with van der Waals surface area (Å²) in [5, 5.41) is 4.12. The molecule has 1 unspecified atom stereocenters. The summed E-state index contributed by atoms with van der Waals surface area (Å²) in [5.74, 6) is -0.566. The highest BCUT2D eigenvalue weighted by Gasteiger charge is 2.24. The van der Waals surface area contributed by atoms with Crippen LogP contribution in [0.4, 0.5) is 5.82 Å². The molecular weight excluding hydrogens is 446 g/mol. The van der Waals surface area contributed by atoms with Crippen LogP contribution < -0.4 is 17.0 Å². The number of rotatable bonds is 8. The molecule has 0 saturated heterocycles. The number of aromatic nitrogens is 5. The summed E-state index contributed by atoms with van der Waals surface area (Å²) in [6.45, 7) is 2.08. The third-order valence-corrected chi connectivity index (χ3v) is 6.16. The van der Waals surface area contributed by atoms with E-state index in [1.807, 2.05) is 66.4 Å². The third kappa shape index (κ3) is 4.82. The van der Waals surface area contributed by atoms with Crippen molar-refractivity contribution in [3.63, 3.8) is 0 Å². The number of benzene rings is 2. The van der Waals surface area contributed by atoms with Crippen molar-refractivity contribution in [1.82, 2.24) is 28.8 Å². The fourth-order valence-corrected chi connectivity index (χ4v) is 3.91. The van der Waals surface area contributed by atoms with E-state index in [0.717, 1.165) is 21.4 Å². The van der Waals surface area contributed by atoms with Gasteiger partial charge in [-0.1, -0.05) is 42.5 Å². The van der Waals surface area contributed by atoms with Crippen molar-refractivity contribution >= 4 is 11.6 Å². The van der Waals surface area contributed by atoms with E-state index in [9.17, 15) is 14.4 Å². The Morgan fingerprint density at radius 3 is 2.40 bits per heavy atom. The van der Waals surface area contributed by atoms with Gasteiger partial charge in [-0.3, -0.25) is 23.6 Å². The molecule has 0 aliphatic rings. The lowest BCUT2D eigenvalue weighted by molar-refractivity contribution is 0.0922. The van der Waals surface area contributed by atoms with Crippen LogP contribution in [0.3, 0.4) is 0 Å². The van der Waals surface area contributed by atoms with Crippen molar-refractivity contribution in [1.29, 1.82) is 0 Å². The predicted molar refractivity (Wildman–Crippen MR) is 133 cm³/mol. The Morgan fingerprint density at radius 2 is 1.77 bits per heavy atom. The maximum atomic E-state index is 13.2. The maximum Gasteiger partial charge on any atom is 0.332 e. The minimum atomic E-state index is -0.694. The van der Waals surface area contributed by atoms with E-state index in [2.05, 4.69) is 10.1 Å². The van der Waals surface area contributed by atoms with Crippen molar-refractivity contribution in [2.75, 3.05) is 19.3 Å². The Labute approximate surface area is 201 Å². The first-order valence-corrected chi connectivity index (χ1v) is 11.1. The molecule has 0 radical (unpaired) electrons. The normalized spacial score (nSPS) is 12.1. The molecule has 2 aromatic carbocycles. The summed E-state index contributed by atoms with van der Waals surface area (Å²) in [4.78, 5) is 44.6. The minimum absolute atomic E-state index is 0.0467. The number of nitrogens with two attached hydrogens (primary N) is 1. The average Bonchev–Trinajstić information content (AvgIpc) is 3.41. The van der Waals surface area contributed by atoms with Crippen LogP contribution in [0, 0.1) is 0 Å². The van der Waals surface area contributed by atoms with Gasteiger partial charge in [0, 0.05) is 13.1 Å². The summed E-state index contributed by atoms with van der Waals surface area (Å²) in [5.41, 5.74) is 7.47. The van der Waals surface area contributed by atoms with E-state index in [-0.39, 0.29) is 30.5 Å². The van der Waals surface area contributed by atoms with Crippen LogP contribution in [0.25, 0.3) is 5.69 Å². The van der Waals surface area contributed by atoms with Gasteiger partial charge in [0.05, 0.1) is 18.8 Å². The van der Waals surface area contributed by atoms with Crippen molar-refractivity contribution < 1.29 is 4.79 Å². The molecule has 10 heteroatoms. The van der Waals surface area contributed by atoms with Gasteiger partial charge in [-0.05, 0) is 37.2 Å². The molecule has 4 rings (SSSR count). The van der Waals surface area contributed by atoms with E-state index in [0.29, 0.717) is 0 Å². The van der Waals surface area contributed by atoms with Gasteiger partial charge >= 0.3 is 5.69 Å². The van der Waals surface area contributed by atoms with Crippen LogP contribution in [0.15, 0.2) is 76.8 Å². The quantitative estimate of drug-likeness (QED) is 0.386. The smallest absolute Gasteiger partial charge is 0.332 e. The van der Waals surface area contributed by atoms with Gasteiger partial charge in [0.15, 0.2) is 5.78 Å². The highest BCUT2D eigenvalue weighted by molar-refractivity contribution is 6.01. The Hall–Kier alpha value is -4.31. The Kier molecular flexibility index (Phi) is 6.74. The number of ketones is 1. The summed E-state index contributed by atoms with van der Waals surface area (Å²) in [6, 6.07) is 16.9. The van der Waals surface area contributed by atoms with Crippen LogP contribution in [-0.2, 0) is 13.6 Å². The third-order valence-electron chi connectivity index (χ3n) is 6.16. The first-order valence-electron chi connectivity index (χ1n) is 11.1. The molecule has 2 aromatic heterocycles. The van der Waals surface area contributed by atoms with Crippen molar-refractivity contribution in [3.05, 3.63) is 105 Å². The molecule has 0 fully saturated rings. The summed E-state index contributed by atoms with van der Waals surface area (Å²) < 4.78 is 3.85. The van der Waals surface area contributed by atoms with E-state index in [1.54, 1.807) is 18.1 Å². The van der Waals surface area contributed by atoms with Crippen LogP contribution in [0.5, 0.6) is 0 Å². The number of nitrogens with zero attached hydrogens (tertiary/aromatic N) is 6. The fourth-order valence-electron chi connectivity index (χ4n) is 3.91. The van der Waals surface area contributed by atoms with Gasteiger partial charge in [0.2, 0.25) is 0 Å². The minimum Gasteiger partial charge on any atom is -0.384 e. The second-order valence-electron chi connectivity index (χ2n) is 8.42. The predicted octanol–water partition coefficient (Wildman–Crippen LogP) is 1.63. The lowest BCUT2D eigenvalue weighted by atomic mass is 10.1. The molecule has 0 spiro atoms. The molecule has 0 amide bonds. The Balaban J connectivity index is 1.57. The standard InChI is InChI=1S/C25H27N7O3/c1-17(19-9-11-20(12-10-19)32-16-27-15-28-32)29(2)14-21(33)22-23(26)31(25(35)30(3)24(22)34)13-18-7-5-4-6-8-18/h4-12,15-17H,13-14,26H2,1-3H3. The van der Waals surface area contributed by atoms with Crippen molar-refractivity contribution in [2.24, 2.45) is 7.05 Å². The number of carbonyl (C=O) groups excluding carboxylic acids is 1.